The van der Waals surface area contributed by atoms with Crippen molar-refractivity contribution in [2.45, 2.75) is 77.5 Å². The Hall–Kier alpha value is -5.27. The summed E-state index contributed by atoms with van der Waals surface area (Å²) < 4.78 is 6.91. The van der Waals surface area contributed by atoms with Gasteiger partial charge in [0, 0.05) is 46.8 Å². The number of aromatic amines is 1. The number of nitrogens with two attached hydrogens (primary N) is 1. The number of carbonyl (C=O) groups excluding carboxylic acids is 3. The Morgan fingerprint density at radius 1 is 0.982 bits per heavy atom. The summed E-state index contributed by atoms with van der Waals surface area (Å²) in [6.45, 7) is 9.18. The first-order valence-corrected chi connectivity index (χ1v) is 20.2. The second-order valence-corrected chi connectivity index (χ2v) is 16.8. The van der Waals surface area contributed by atoms with E-state index in [1.807, 2.05) is 50.8 Å². The number of imidazole rings is 1. The van der Waals surface area contributed by atoms with E-state index in [0.29, 0.717) is 31.2 Å². The number of ether oxygens (including phenoxy) is 1. The van der Waals surface area contributed by atoms with Crippen LogP contribution in [0.4, 0.5) is 9.59 Å². The quantitative estimate of drug-likeness (QED) is 0.108. The molecule has 0 saturated carbocycles. The molecule has 0 bridgehead atoms. The molecule has 6 rings (SSSR count). The molecule has 0 aliphatic carbocycles. The summed E-state index contributed by atoms with van der Waals surface area (Å²) in [5, 5.41) is 17.7. The molecule has 4 aromatic rings. The largest absolute Gasteiger partial charge is 0.465 e. The Morgan fingerprint density at radius 2 is 1.67 bits per heavy atom. The van der Waals surface area contributed by atoms with Gasteiger partial charge in [-0.15, -0.1) is 22.7 Å². The minimum atomic E-state index is -1.22. The van der Waals surface area contributed by atoms with Crippen LogP contribution in [0.5, 0.6) is 0 Å². The number of amides is 4. The SMILES string of the molecule is COC(=O)N[C@@H](C(=O)N1CCC[C@@H]1CN/C=C(\N)c1cc2sc(C#Cc3ccc4nc(C5CCCN5C(=O)[C@H](NC(=O)O)C(C)C)[nH]c4c3)cc2s1)C(C)C. The normalized spacial score (nSPS) is 18.4. The van der Waals surface area contributed by atoms with Crippen LogP contribution >= 0.6 is 22.7 Å². The Labute approximate surface area is 327 Å². The van der Waals surface area contributed by atoms with Gasteiger partial charge in [-0.25, -0.2) is 14.6 Å². The third kappa shape index (κ3) is 9.00. The van der Waals surface area contributed by atoms with E-state index in [-0.39, 0.29) is 35.7 Å². The molecular formula is C39H48N8O6S2. The highest BCUT2D eigenvalue weighted by molar-refractivity contribution is 7.28. The van der Waals surface area contributed by atoms with Gasteiger partial charge in [0.2, 0.25) is 11.8 Å². The second-order valence-electron chi connectivity index (χ2n) is 14.6. The maximum atomic E-state index is 13.4. The summed E-state index contributed by atoms with van der Waals surface area (Å²) in [7, 11) is 1.29. The maximum absolute atomic E-state index is 13.4. The smallest absolute Gasteiger partial charge is 0.407 e. The average Bonchev–Trinajstić information content (AvgIpc) is 3.99. The zero-order valence-electron chi connectivity index (χ0n) is 31.6. The number of H-pyrrole nitrogens is 1. The van der Waals surface area contributed by atoms with Crippen LogP contribution in [0.2, 0.25) is 0 Å². The van der Waals surface area contributed by atoms with Crippen LogP contribution in [0.15, 0.2) is 36.5 Å². The van der Waals surface area contributed by atoms with E-state index in [2.05, 4.69) is 44.9 Å². The lowest BCUT2D eigenvalue weighted by Crippen LogP contribution is -2.53. The van der Waals surface area contributed by atoms with Crippen molar-refractivity contribution >= 4 is 72.8 Å². The molecule has 2 saturated heterocycles. The van der Waals surface area contributed by atoms with E-state index in [0.717, 1.165) is 61.4 Å². The van der Waals surface area contributed by atoms with Crippen molar-refractivity contribution < 1.29 is 29.0 Å². The summed E-state index contributed by atoms with van der Waals surface area (Å²) in [4.78, 5) is 63.5. The lowest BCUT2D eigenvalue weighted by molar-refractivity contribution is -0.136. The second kappa shape index (κ2) is 17.0. The minimum absolute atomic E-state index is 0.0121. The topological polar surface area (TPSA) is 195 Å². The fourth-order valence-electron chi connectivity index (χ4n) is 7.17. The number of carboxylic acid groups (broad SMARTS) is 1. The molecule has 2 aliphatic heterocycles. The zero-order chi connectivity index (χ0) is 39.4. The number of nitrogens with zero attached hydrogens (tertiary/aromatic N) is 3. The van der Waals surface area contributed by atoms with E-state index in [1.165, 1.54) is 7.11 Å². The fraction of sp³-hybridized carbons (Fsp3) is 0.462. The summed E-state index contributed by atoms with van der Waals surface area (Å²) in [5.41, 5.74) is 9.50. The van der Waals surface area contributed by atoms with Gasteiger partial charge in [-0.1, -0.05) is 39.5 Å². The van der Waals surface area contributed by atoms with Crippen LogP contribution in [0.3, 0.4) is 0 Å². The van der Waals surface area contributed by atoms with Crippen molar-refractivity contribution in [2.24, 2.45) is 17.6 Å². The molecule has 292 valence electrons. The molecule has 3 aromatic heterocycles. The Bertz CT molecular complexity index is 2130. The molecule has 2 fully saturated rings. The lowest BCUT2D eigenvalue weighted by Gasteiger charge is -2.30. The van der Waals surface area contributed by atoms with Crippen molar-refractivity contribution in [3.63, 3.8) is 0 Å². The van der Waals surface area contributed by atoms with Gasteiger partial charge in [0.25, 0.3) is 0 Å². The van der Waals surface area contributed by atoms with Gasteiger partial charge in [0.05, 0.1) is 39.6 Å². The van der Waals surface area contributed by atoms with Crippen LogP contribution in [-0.2, 0) is 14.3 Å². The van der Waals surface area contributed by atoms with Crippen LogP contribution in [0.25, 0.3) is 26.1 Å². The predicted octanol–water partition coefficient (Wildman–Crippen LogP) is 5.41. The Morgan fingerprint density at radius 3 is 2.38 bits per heavy atom. The first-order valence-electron chi connectivity index (χ1n) is 18.5. The molecule has 4 amide bonds. The molecule has 14 nitrogen and oxygen atoms in total. The van der Waals surface area contributed by atoms with Crippen molar-refractivity contribution in [3.8, 4) is 11.8 Å². The molecule has 55 heavy (non-hydrogen) atoms. The lowest BCUT2D eigenvalue weighted by atomic mass is 10.0. The van der Waals surface area contributed by atoms with E-state index >= 15 is 0 Å². The summed E-state index contributed by atoms with van der Waals surface area (Å²) in [6, 6.07) is 8.19. The number of alkyl carbamates (subject to hydrolysis) is 1. The molecule has 4 atom stereocenters. The molecule has 0 radical (unpaired) electrons. The van der Waals surface area contributed by atoms with E-state index in [1.54, 1.807) is 33.8 Å². The highest BCUT2D eigenvalue weighted by Gasteiger charge is 2.38. The molecular weight excluding hydrogens is 741 g/mol. The number of hydrogen-bond donors (Lipinski definition) is 6. The molecule has 16 heteroatoms. The number of rotatable bonds is 11. The van der Waals surface area contributed by atoms with Crippen molar-refractivity contribution in [3.05, 3.63) is 57.7 Å². The number of fused-ring (bicyclic) bond motifs is 2. The van der Waals surface area contributed by atoms with Gasteiger partial charge < -0.3 is 46.3 Å². The average molecular weight is 789 g/mol. The summed E-state index contributed by atoms with van der Waals surface area (Å²) in [6.07, 6.45) is 3.26. The number of likely N-dealkylation sites (tertiary alicyclic amines) is 2. The monoisotopic (exact) mass is 788 g/mol. The van der Waals surface area contributed by atoms with Crippen molar-refractivity contribution in [2.75, 3.05) is 26.7 Å². The number of carbonyl (C=O) groups is 4. The van der Waals surface area contributed by atoms with Crippen molar-refractivity contribution in [1.82, 2.24) is 35.7 Å². The summed E-state index contributed by atoms with van der Waals surface area (Å²) >= 11 is 3.19. The number of methoxy groups -OCH3 is 1. The maximum Gasteiger partial charge on any atom is 0.407 e. The predicted molar refractivity (Wildman–Crippen MR) is 214 cm³/mol. The third-order valence-electron chi connectivity index (χ3n) is 10.0. The highest BCUT2D eigenvalue weighted by atomic mass is 32.1. The molecule has 5 heterocycles. The first-order chi connectivity index (χ1) is 26.3. The number of hydrogen-bond acceptors (Lipinski definition) is 10. The van der Waals surface area contributed by atoms with Crippen LogP contribution in [0.1, 0.15) is 80.6 Å². The van der Waals surface area contributed by atoms with Gasteiger partial charge >= 0.3 is 12.2 Å². The standard InChI is InChI=1S/C39H48N8O6S2/c1-21(2)33(44-38(50)51)37(49)47-15-7-9-29(47)35-42-27-13-11-23(16-28(27)43-35)10-12-25-17-31-32(54-25)18-30(55-31)26(40)20-41-19-24-8-6-14-46(24)36(48)34(22(3)4)45-39(52)53-5/h11,13,16-18,20-22,24,29,33-34,41,44H,6-9,14-15,19,40H2,1-5H3,(H,42,43)(H,45,52)(H,50,51)/b26-20-/t24-,29?,33-,34-/m1/s1. The summed E-state index contributed by atoms with van der Waals surface area (Å²) in [5.74, 6) is 6.63. The van der Waals surface area contributed by atoms with Gasteiger partial charge in [0.15, 0.2) is 0 Å². The van der Waals surface area contributed by atoms with Gasteiger partial charge in [-0.3, -0.25) is 9.59 Å². The first kappa shape index (κ1) is 39.4. The Balaban J connectivity index is 1.08. The molecule has 0 spiro atoms. The van der Waals surface area contributed by atoms with Gasteiger partial charge in [-0.05, 0) is 67.9 Å². The molecule has 2 aliphatic rings. The van der Waals surface area contributed by atoms with E-state index in [4.69, 9.17) is 15.5 Å². The highest BCUT2D eigenvalue weighted by Crippen LogP contribution is 2.35. The van der Waals surface area contributed by atoms with E-state index < -0.39 is 24.3 Å². The number of benzene rings is 1. The van der Waals surface area contributed by atoms with Crippen LogP contribution < -0.4 is 21.7 Å². The molecule has 1 aromatic carbocycles. The number of thiophene rings is 2. The number of nitrogens with one attached hydrogen (secondary N) is 4. The van der Waals surface area contributed by atoms with Gasteiger partial charge in [-0.2, -0.15) is 0 Å². The fourth-order valence-corrected chi connectivity index (χ4v) is 9.35. The zero-order valence-corrected chi connectivity index (χ0v) is 33.2. The third-order valence-corrected chi connectivity index (χ3v) is 12.3. The Kier molecular flexibility index (Phi) is 12.2. The van der Waals surface area contributed by atoms with Gasteiger partial charge in [0.1, 0.15) is 17.9 Å². The van der Waals surface area contributed by atoms with E-state index in [9.17, 15) is 24.3 Å². The minimum Gasteiger partial charge on any atom is -0.465 e. The molecule has 1 unspecified atom stereocenters. The van der Waals surface area contributed by atoms with Crippen molar-refractivity contribution in [1.29, 1.82) is 0 Å². The van der Waals surface area contributed by atoms with Crippen LogP contribution in [-0.4, -0.2) is 93.7 Å². The molecule has 7 N–H and O–H groups in total. The van der Waals surface area contributed by atoms with Crippen LogP contribution in [0, 0.1) is 23.7 Å². The number of aromatic nitrogens is 2.